The number of hydrogen-bond donors (Lipinski definition) is 0. The van der Waals surface area contributed by atoms with Gasteiger partial charge in [0.25, 0.3) is 5.69 Å². The highest BCUT2D eigenvalue weighted by Gasteiger charge is 2.29. The minimum Gasteiger partial charge on any atom is -0.496 e. The van der Waals surface area contributed by atoms with E-state index in [1.165, 1.54) is 18.9 Å². The normalized spacial score (nSPS) is 16.3. The van der Waals surface area contributed by atoms with Gasteiger partial charge in [0, 0.05) is 23.1 Å². The first-order chi connectivity index (χ1) is 8.61. The SMILES string of the molecule is COc1ccc([N+](=O)[O-])cc1CCC(Cl)C1CC1. The van der Waals surface area contributed by atoms with Gasteiger partial charge in [-0.15, -0.1) is 11.6 Å². The van der Waals surface area contributed by atoms with Crippen LogP contribution in [0.1, 0.15) is 24.8 Å². The van der Waals surface area contributed by atoms with Crippen LogP contribution in [-0.4, -0.2) is 17.4 Å². The van der Waals surface area contributed by atoms with Gasteiger partial charge in [-0.1, -0.05) is 0 Å². The number of halogens is 1. The van der Waals surface area contributed by atoms with Crippen molar-refractivity contribution in [2.45, 2.75) is 31.1 Å². The van der Waals surface area contributed by atoms with Crippen LogP contribution in [0.25, 0.3) is 0 Å². The maximum atomic E-state index is 10.7. The van der Waals surface area contributed by atoms with Crippen molar-refractivity contribution < 1.29 is 9.66 Å². The third-order valence-corrected chi connectivity index (χ3v) is 3.87. The fraction of sp³-hybridized carbons (Fsp3) is 0.538. The Kier molecular flexibility index (Phi) is 4.07. The Morgan fingerprint density at radius 2 is 2.28 bits per heavy atom. The van der Waals surface area contributed by atoms with Crippen LogP contribution in [0.4, 0.5) is 5.69 Å². The van der Waals surface area contributed by atoms with Crippen LogP contribution in [-0.2, 0) is 6.42 Å². The van der Waals surface area contributed by atoms with Crippen molar-refractivity contribution >= 4 is 17.3 Å². The molecule has 1 aromatic rings. The highest BCUT2D eigenvalue weighted by Crippen LogP contribution is 2.38. The lowest BCUT2D eigenvalue weighted by Gasteiger charge is -2.10. The van der Waals surface area contributed by atoms with Crippen molar-refractivity contribution in [3.8, 4) is 5.75 Å². The number of benzene rings is 1. The third-order valence-electron chi connectivity index (χ3n) is 3.30. The molecular weight excluding hydrogens is 254 g/mol. The molecule has 1 aliphatic carbocycles. The minimum absolute atomic E-state index is 0.100. The Balaban J connectivity index is 2.07. The largest absolute Gasteiger partial charge is 0.496 e. The fourth-order valence-corrected chi connectivity index (χ4v) is 2.42. The van der Waals surface area contributed by atoms with Crippen LogP contribution >= 0.6 is 11.6 Å². The number of hydrogen-bond acceptors (Lipinski definition) is 3. The van der Waals surface area contributed by atoms with Gasteiger partial charge in [0.05, 0.1) is 12.0 Å². The zero-order valence-electron chi connectivity index (χ0n) is 10.3. The monoisotopic (exact) mass is 269 g/mol. The van der Waals surface area contributed by atoms with E-state index in [1.54, 1.807) is 19.2 Å². The van der Waals surface area contributed by atoms with Crippen molar-refractivity contribution in [3.05, 3.63) is 33.9 Å². The molecule has 1 aliphatic rings. The Morgan fingerprint density at radius 1 is 1.56 bits per heavy atom. The average Bonchev–Trinajstić information content (AvgIpc) is 3.19. The molecule has 0 aliphatic heterocycles. The Hall–Kier alpha value is -1.29. The molecule has 1 unspecified atom stereocenters. The van der Waals surface area contributed by atoms with Gasteiger partial charge in [-0.25, -0.2) is 0 Å². The number of ether oxygens (including phenoxy) is 1. The molecule has 0 heterocycles. The highest BCUT2D eigenvalue weighted by molar-refractivity contribution is 6.20. The molecule has 0 N–H and O–H groups in total. The molecule has 0 amide bonds. The van der Waals surface area contributed by atoms with Crippen molar-refractivity contribution in [1.29, 1.82) is 0 Å². The summed E-state index contributed by atoms with van der Waals surface area (Å²) in [6.07, 6.45) is 3.97. The van der Waals surface area contributed by atoms with Crippen molar-refractivity contribution in [2.75, 3.05) is 7.11 Å². The summed E-state index contributed by atoms with van der Waals surface area (Å²) < 4.78 is 5.22. The average molecular weight is 270 g/mol. The lowest BCUT2D eigenvalue weighted by molar-refractivity contribution is -0.384. The molecule has 0 radical (unpaired) electrons. The van der Waals surface area contributed by atoms with Gasteiger partial charge in [0.1, 0.15) is 5.75 Å². The van der Waals surface area contributed by atoms with Crippen LogP contribution < -0.4 is 4.74 Å². The Bertz CT molecular complexity index is 446. The highest BCUT2D eigenvalue weighted by atomic mass is 35.5. The summed E-state index contributed by atoms with van der Waals surface area (Å²) >= 11 is 6.25. The second kappa shape index (κ2) is 5.57. The zero-order chi connectivity index (χ0) is 13.1. The molecule has 1 aromatic carbocycles. The summed E-state index contributed by atoms with van der Waals surface area (Å²) in [5.41, 5.74) is 0.960. The molecule has 98 valence electrons. The Morgan fingerprint density at radius 3 is 2.83 bits per heavy atom. The van der Waals surface area contributed by atoms with Crippen LogP contribution in [0, 0.1) is 16.0 Å². The van der Waals surface area contributed by atoms with E-state index in [2.05, 4.69) is 0 Å². The van der Waals surface area contributed by atoms with Gasteiger partial charge in [-0.2, -0.15) is 0 Å². The summed E-state index contributed by atoms with van der Waals surface area (Å²) in [6.45, 7) is 0. The summed E-state index contributed by atoms with van der Waals surface area (Å²) in [5, 5.41) is 10.9. The molecule has 18 heavy (non-hydrogen) atoms. The molecule has 0 saturated heterocycles. The van der Waals surface area contributed by atoms with Gasteiger partial charge in [-0.3, -0.25) is 10.1 Å². The van der Waals surface area contributed by atoms with E-state index < -0.39 is 0 Å². The molecule has 0 bridgehead atoms. The number of aryl methyl sites for hydroxylation is 1. The molecular formula is C13H16ClNO3. The number of nitrogens with zero attached hydrogens (tertiary/aromatic N) is 1. The maximum absolute atomic E-state index is 10.7. The van der Waals surface area contributed by atoms with Crippen molar-refractivity contribution in [1.82, 2.24) is 0 Å². The van der Waals surface area contributed by atoms with E-state index in [9.17, 15) is 10.1 Å². The lowest BCUT2D eigenvalue weighted by atomic mass is 10.0. The maximum Gasteiger partial charge on any atom is 0.269 e. The predicted octanol–water partition coefficient (Wildman–Crippen LogP) is 3.55. The summed E-state index contributed by atoms with van der Waals surface area (Å²) in [6, 6.07) is 4.69. The standard InChI is InChI=1S/C13H16ClNO3/c1-18-13-7-5-11(15(16)17)8-10(13)4-6-12(14)9-2-3-9/h5,7-9,12H,2-4,6H2,1H3. The molecule has 0 aromatic heterocycles. The topological polar surface area (TPSA) is 52.4 Å². The van der Waals surface area contributed by atoms with E-state index in [1.807, 2.05) is 0 Å². The summed E-state index contributed by atoms with van der Waals surface area (Å²) in [7, 11) is 1.57. The van der Waals surface area contributed by atoms with Crippen LogP contribution in [0.2, 0.25) is 0 Å². The van der Waals surface area contributed by atoms with Gasteiger partial charge in [0.15, 0.2) is 0 Å². The molecule has 0 spiro atoms. The molecule has 2 rings (SSSR count). The number of alkyl halides is 1. The smallest absolute Gasteiger partial charge is 0.269 e. The number of nitro benzene ring substituents is 1. The van der Waals surface area contributed by atoms with E-state index in [0.29, 0.717) is 11.7 Å². The van der Waals surface area contributed by atoms with E-state index in [-0.39, 0.29) is 16.0 Å². The zero-order valence-corrected chi connectivity index (χ0v) is 11.0. The molecule has 1 saturated carbocycles. The quantitative estimate of drug-likeness (QED) is 0.451. The number of non-ortho nitro benzene ring substituents is 1. The first kappa shape index (κ1) is 13.1. The fourth-order valence-electron chi connectivity index (χ4n) is 2.06. The van der Waals surface area contributed by atoms with Gasteiger partial charge in [0.2, 0.25) is 0 Å². The van der Waals surface area contributed by atoms with Crippen molar-refractivity contribution in [3.63, 3.8) is 0 Å². The van der Waals surface area contributed by atoms with Crippen LogP contribution in [0.3, 0.4) is 0 Å². The van der Waals surface area contributed by atoms with Crippen molar-refractivity contribution in [2.24, 2.45) is 5.92 Å². The minimum atomic E-state index is -0.387. The summed E-state index contributed by atoms with van der Waals surface area (Å²) in [5.74, 6) is 1.33. The number of rotatable bonds is 6. The summed E-state index contributed by atoms with van der Waals surface area (Å²) in [4.78, 5) is 10.4. The van der Waals surface area contributed by atoms with Gasteiger partial charge >= 0.3 is 0 Å². The predicted molar refractivity (Wildman–Crippen MR) is 70.3 cm³/mol. The van der Waals surface area contributed by atoms with Gasteiger partial charge < -0.3 is 4.74 Å². The molecule has 4 nitrogen and oxygen atoms in total. The first-order valence-electron chi connectivity index (χ1n) is 6.07. The molecule has 5 heteroatoms. The number of nitro groups is 1. The number of methoxy groups -OCH3 is 1. The second-order valence-corrected chi connectivity index (χ2v) is 5.21. The van der Waals surface area contributed by atoms with Crippen LogP contribution in [0.15, 0.2) is 18.2 Å². The molecule has 1 fully saturated rings. The lowest BCUT2D eigenvalue weighted by Crippen LogP contribution is -2.04. The third kappa shape index (κ3) is 3.13. The Labute approximate surface area is 111 Å². The van der Waals surface area contributed by atoms with Crippen LogP contribution in [0.5, 0.6) is 5.75 Å². The second-order valence-electron chi connectivity index (χ2n) is 4.65. The van der Waals surface area contributed by atoms with Gasteiger partial charge in [-0.05, 0) is 37.7 Å². The van der Waals surface area contributed by atoms with E-state index >= 15 is 0 Å². The first-order valence-corrected chi connectivity index (χ1v) is 6.51. The van der Waals surface area contributed by atoms with E-state index in [4.69, 9.17) is 16.3 Å². The van der Waals surface area contributed by atoms with E-state index in [0.717, 1.165) is 18.4 Å². The molecule has 1 atom stereocenters.